The van der Waals surface area contributed by atoms with Gasteiger partial charge < -0.3 is 4.74 Å². The molecule has 0 spiro atoms. The van der Waals surface area contributed by atoms with Crippen molar-refractivity contribution >= 4 is 23.4 Å². The van der Waals surface area contributed by atoms with Gasteiger partial charge in [0.05, 0.1) is 10.8 Å². The minimum atomic E-state index is -1.24. The van der Waals surface area contributed by atoms with Crippen molar-refractivity contribution in [2.75, 3.05) is 0 Å². The minimum absolute atomic E-state index is 0.0228. The van der Waals surface area contributed by atoms with Crippen LogP contribution in [0.1, 0.15) is 33.3 Å². The van der Waals surface area contributed by atoms with Crippen LogP contribution in [0.5, 0.6) is 5.75 Å². The molecule has 0 bridgehead atoms. The summed E-state index contributed by atoms with van der Waals surface area (Å²) in [6, 6.07) is 7.36. The third-order valence-corrected chi connectivity index (χ3v) is 4.52. The number of ether oxygens (including phenoxy) is 1. The highest BCUT2D eigenvalue weighted by molar-refractivity contribution is 6.38. The molecule has 4 heteroatoms. The summed E-state index contributed by atoms with van der Waals surface area (Å²) in [5.74, 6) is -0.515. The van der Waals surface area contributed by atoms with Crippen LogP contribution in [0, 0.1) is 10.8 Å². The van der Waals surface area contributed by atoms with E-state index in [-0.39, 0.29) is 17.1 Å². The fourth-order valence-corrected chi connectivity index (χ4v) is 3.10. The number of carbonyl (C=O) groups is 3. The van der Waals surface area contributed by atoms with Gasteiger partial charge >= 0.3 is 0 Å². The lowest BCUT2D eigenvalue weighted by molar-refractivity contribution is -0.151. The molecule has 4 nitrogen and oxygen atoms in total. The molecule has 0 radical (unpaired) electrons. The first-order chi connectivity index (χ1) is 10.7. The first-order valence-corrected chi connectivity index (χ1v) is 7.51. The molecule has 3 rings (SSSR count). The van der Waals surface area contributed by atoms with Crippen molar-refractivity contribution in [2.45, 2.75) is 27.7 Å². The van der Waals surface area contributed by atoms with E-state index in [2.05, 4.69) is 0 Å². The monoisotopic (exact) mass is 310 g/mol. The number of fused-ring (bicyclic) bond motifs is 1. The van der Waals surface area contributed by atoms with Gasteiger partial charge in [-0.1, -0.05) is 18.2 Å². The summed E-state index contributed by atoms with van der Waals surface area (Å²) >= 11 is 0. The van der Waals surface area contributed by atoms with Crippen LogP contribution in [-0.2, 0) is 14.4 Å². The molecule has 118 valence electrons. The number of para-hydroxylation sites is 1. The number of rotatable bonds is 0. The highest BCUT2D eigenvalue weighted by Gasteiger charge is 2.56. The van der Waals surface area contributed by atoms with Gasteiger partial charge in [-0.3, -0.25) is 14.4 Å². The molecule has 1 saturated carbocycles. The third kappa shape index (κ3) is 2.09. The second-order valence-electron chi connectivity index (χ2n) is 6.95. The summed E-state index contributed by atoms with van der Waals surface area (Å²) in [6.45, 7) is 6.25. The highest BCUT2D eigenvalue weighted by atomic mass is 16.5. The van der Waals surface area contributed by atoms with E-state index in [0.717, 1.165) is 5.56 Å². The molecular formula is C19H18O4. The Morgan fingerprint density at radius 2 is 1.39 bits per heavy atom. The maximum atomic E-state index is 12.8. The number of hydrogen-bond acceptors (Lipinski definition) is 4. The third-order valence-electron chi connectivity index (χ3n) is 4.52. The smallest absolute Gasteiger partial charge is 0.183 e. The highest BCUT2D eigenvalue weighted by Crippen LogP contribution is 2.42. The lowest BCUT2D eigenvalue weighted by Gasteiger charge is -2.38. The Morgan fingerprint density at radius 3 is 2.00 bits per heavy atom. The van der Waals surface area contributed by atoms with E-state index in [9.17, 15) is 14.4 Å². The van der Waals surface area contributed by atoms with Gasteiger partial charge in [0.2, 0.25) is 0 Å². The maximum Gasteiger partial charge on any atom is 0.183 e. The summed E-state index contributed by atoms with van der Waals surface area (Å²) in [5, 5.41) is 0. The van der Waals surface area contributed by atoms with Crippen LogP contribution in [0.4, 0.5) is 0 Å². The summed E-state index contributed by atoms with van der Waals surface area (Å²) in [7, 11) is 0. The molecule has 2 aliphatic rings. The number of hydrogen-bond donors (Lipinski definition) is 0. The molecule has 0 amide bonds. The first-order valence-electron chi connectivity index (χ1n) is 7.51. The number of ketones is 3. The van der Waals surface area contributed by atoms with E-state index in [1.54, 1.807) is 45.9 Å². The quantitative estimate of drug-likeness (QED) is 0.420. The Morgan fingerprint density at radius 1 is 0.826 bits per heavy atom. The SMILES string of the molecule is CC1(C)C(=O)C(=C2C=Cc3ccccc3O2)C(=O)C(C)(C)C1=O. The first kappa shape index (κ1) is 15.4. The Bertz CT molecular complexity index is 774. The molecule has 0 N–H and O–H groups in total. The van der Waals surface area contributed by atoms with Gasteiger partial charge in [-0.2, -0.15) is 0 Å². The zero-order valence-corrected chi connectivity index (χ0v) is 13.6. The van der Waals surface area contributed by atoms with Crippen LogP contribution in [0.2, 0.25) is 0 Å². The molecule has 1 aromatic carbocycles. The summed E-state index contributed by atoms with van der Waals surface area (Å²) in [5.41, 5.74) is -1.63. The van der Waals surface area contributed by atoms with Crippen molar-refractivity contribution < 1.29 is 19.1 Å². The molecule has 1 aliphatic carbocycles. The molecule has 0 saturated heterocycles. The average molecular weight is 310 g/mol. The molecule has 0 atom stereocenters. The molecule has 1 fully saturated rings. The van der Waals surface area contributed by atoms with Crippen LogP contribution in [0.15, 0.2) is 41.7 Å². The van der Waals surface area contributed by atoms with Gasteiger partial charge in [0.1, 0.15) is 17.1 Å². The zero-order chi connectivity index (χ0) is 17.0. The molecule has 23 heavy (non-hydrogen) atoms. The minimum Gasteiger partial charge on any atom is -0.456 e. The Kier molecular flexibility index (Phi) is 3.18. The standard InChI is InChI=1S/C19H18O4/c1-18(2)15(20)14(16(21)19(3,4)17(18)22)13-10-9-11-7-5-6-8-12(11)23-13/h5-10H,1-4H3. The van der Waals surface area contributed by atoms with E-state index in [4.69, 9.17) is 4.74 Å². The Balaban J connectivity index is 2.18. The summed E-state index contributed by atoms with van der Waals surface area (Å²) in [6.07, 6.45) is 3.42. The summed E-state index contributed by atoms with van der Waals surface area (Å²) in [4.78, 5) is 38.0. The van der Waals surface area contributed by atoms with Gasteiger partial charge in [0, 0.05) is 5.56 Å². The molecule has 1 aliphatic heterocycles. The Hall–Kier alpha value is -2.49. The van der Waals surface area contributed by atoms with Crippen LogP contribution in [-0.4, -0.2) is 17.3 Å². The van der Waals surface area contributed by atoms with Crippen LogP contribution < -0.4 is 4.74 Å². The zero-order valence-electron chi connectivity index (χ0n) is 13.6. The topological polar surface area (TPSA) is 60.4 Å². The predicted molar refractivity (Wildman–Crippen MR) is 85.7 cm³/mol. The normalized spacial score (nSPS) is 22.0. The van der Waals surface area contributed by atoms with E-state index >= 15 is 0 Å². The average Bonchev–Trinajstić information content (AvgIpc) is 2.52. The fraction of sp³-hybridized carbons (Fsp3) is 0.316. The van der Waals surface area contributed by atoms with Gasteiger partial charge in [-0.05, 0) is 45.9 Å². The van der Waals surface area contributed by atoms with Gasteiger partial charge in [-0.25, -0.2) is 0 Å². The van der Waals surface area contributed by atoms with Crippen molar-refractivity contribution in [1.82, 2.24) is 0 Å². The second kappa shape index (κ2) is 4.75. The van der Waals surface area contributed by atoms with Crippen molar-refractivity contribution in [3.05, 3.63) is 47.2 Å². The number of allylic oxidation sites excluding steroid dienone is 2. The van der Waals surface area contributed by atoms with E-state index in [1.807, 2.05) is 18.2 Å². The van der Waals surface area contributed by atoms with Crippen molar-refractivity contribution in [1.29, 1.82) is 0 Å². The van der Waals surface area contributed by atoms with Crippen LogP contribution >= 0.6 is 0 Å². The molecule has 0 unspecified atom stereocenters. The fourth-order valence-electron chi connectivity index (χ4n) is 3.10. The number of Topliss-reactive ketones (excluding diaryl/α,β-unsaturated/α-hetero) is 3. The van der Waals surface area contributed by atoms with Crippen molar-refractivity contribution in [3.63, 3.8) is 0 Å². The molecule has 1 heterocycles. The van der Waals surface area contributed by atoms with Gasteiger partial charge in [0.25, 0.3) is 0 Å². The molecule has 0 aromatic heterocycles. The van der Waals surface area contributed by atoms with Gasteiger partial charge in [0.15, 0.2) is 17.3 Å². The van der Waals surface area contributed by atoms with Crippen LogP contribution in [0.25, 0.3) is 6.08 Å². The molecular weight excluding hydrogens is 292 g/mol. The van der Waals surface area contributed by atoms with E-state index < -0.39 is 22.4 Å². The number of benzene rings is 1. The van der Waals surface area contributed by atoms with Crippen molar-refractivity contribution in [3.8, 4) is 5.75 Å². The lowest BCUT2D eigenvalue weighted by Crippen LogP contribution is -2.54. The number of carbonyl (C=O) groups excluding carboxylic acids is 3. The lowest BCUT2D eigenvalue weighted by atomic mass is 9.60. The van der Waals surface area contributed by atoms with Crippen molar-refractivity contribution in [2.24, 2.45) is 10.8 Å². The van der Waals surface area contributed by atoms with E-state index in [0.29, 0.717) is 5.75 Å². The largest absolute Gasteiger partial charge is 0.456 e. The predicted octanol–water partition coefficient (Wildman–Crippen LogP) is 3.12. The maximum absolute atomic E-state index is 12.8. The Labute approximate surface area is 134 Å². The van der Waals surface area contributed by atoms with Crippen LogP contribution in [0.3, 0.4) is 0 Å². The van der Waals surface area contributed by atoms with Gasteiger partial charge in [-0.15, -0.1) is 0 Å². The second-order valence-corrected chi connectivity index (χ2v) is 6.95. The van der Waals surface area contributed by atoms with E-state index in [1.165, 1.54) is 0 Å². The summed E-state index contributed by atoms with van der Waals surface area (Å²) < 4.78 is 5.77. The molecule has 1 aromatic rings.